The largest absolute Gasteiger partial charge is 0.448 e. The molecule has 21 nitrogen and oxygen atoms in total. The molecule has 0 spiro atoms. The summed E-state index contributed by atoms with van der Waals surface area (Å²) in [5.41, 5.74) is 13.0. The highest BCUT2D eigenvalue weighted by atomic mass is 32.2. The molecule has 0 radical (unpaired) electrons. The Morgan fingerprint density at radius 2 is 1.07 bits per heavy atom. The second-order valence-electron chi connectivity index (χ2n) is 27.5. The van der Waals surface area contributed by atoms with Gasteiger partial charge in [0.2, 0.25) is 0 Å². The van der Waals surface area contributed by atoms with Crippen LogP contribution in [0.5, 0.6) is 0 Å². The summed E-state index contributed by atoms with van der Waals surface area (Å²) in [6.07, 6.45) is 7.27. The minimum Gasteiger partial charge on any atom is -0.448 e. The molecule has 100 heavy (non-hydrogen) atoms. The minimum atomic E-state index is -3.99. The van der Waals surface area contributed by atoms with Gasteiger partial charge in [-0.15, -0.1) is 0 Å². The maximum atomic E-state index is 14.0. The van der Waals surface area contributed by atoms with Crippen LogP contribution in [-0.4, -0.2) is 135 Å². The fourth-order valence-electron chi connectivity index (χ4n) is 14.4. The average molecular weight is 1380 g/mol. The number of carbonyl (C=O) groups is 4. The Labute approximate surface area is 580 Å². The number of benzene rings is 6. The summed E-state index contributed by atoms with van der Waals surface area (Å²) < 4.78 is 75.9. The summed E-state index contributed by atoms with van der Waals surface area (Å²) in [7, 11) is -7.85. The summed E-state index contributed by atoms with van der Waals surface area (Å²) in [6.45, 7) is 14.8. The number of Topliss-reactive ketones (excluding diaryl/α,β-unsaturated/α-hetero) is 1. The summed E-state index contributed by atoms with van der Waals surface area (Å²) in [5, 5.41) is 0. The highest BCUT2D eigenvalue weighted by molar-refractivity contribution is 7.90. The van der Waals surface area contributed by atoms with Gasteiger partial charge in [-0.3, -0.25) is 14.1 Å². The van der Waals surface area contributed by atoms with Crippen LogP contribution in [0.15, 0.2) is 199 Å². The molecule has 512 valence electrons. The number of nitrogens with zero attached hydrogens (tertiary/aromatic N) is 10. The number of aromatic nitrogens is 7. The van der Waals surface area contributed by atoms with Crippen LogP contribution in [0.1, 0.15) is 104 Å². The summed E-state index contributed by atoms with van der Waals surface area (Å²) in [4.78, 5) is 77.6. The first-order valence-electron chi connectivity index (χ1n) is 33.6. The molecule has 7 heterocycles. The summed E-state index contributed by atoms with van der Waals surface area (Å²) in [6, 6.07) is 49.4. The zero-order valence-corrected chi connectivity index (χ0v) is 58.1. The normalized spacial score (nSPS) is 17.6. The lowest BCUT2D eigenvalue weighted by Gasteiger charge is -2.36. The zero-order valence-electron chi connectivity index (χ0n) is 56.5. The zero-order chi connectivity index (χ0) is 69.9. The molecule has 4 aliphatic rings. The van der Waals surface area contributed by atoms with E-state index in [-0.39, 0.29) is 88.0 Å². The molecule has 0 bridgehead atoms. The predicted octanol–water partition coefficient (Wildman–Crippen LogP) is 13.8. The number of hydrogen-bond acceptors (Lipinski definition) is 15. The SMILES string of the molecule is Cc1ccc(S(=O)(=O)n2ccc3c2ncc2ncc(C4CN(C(=O)OCC5c6ccccc6-c6ccccc65)CCC4C)n23)cc1.Cc1ccc(S(=O)(=O)n2ccc3nc(N(CC(=O)C4CC(C)CN(C(=O)OCC5c6ccccc6-c6ccccc65)C4)C(=O)OC(C)(C)C)cnc32)cc1. The molecule has 6 aromatic carbocycles. The van der Waals surface area contributed by atoms with Crippen molar-refractivity contribution < 1.29 is 50.2 Å². The Balaban J connectivity index is 0.000000172. The van der Waals surface area contributed by atoms with Crippen molar-refractivity contribution in [2.75, 3.05) is 50.8 Å². The van der Waals surface area contributed by atoms with E-state index in [4.69, 9.17) is 14.2 Å². The fraction of sp³-hybridized carbons (Fsp3) is 0.299. The van der Waals surface area contributed by atoms with Gasteiger partial charge in [-0.05, 0) is 140 Å². The topological polar surface area (TPSA) is 240 Å². The molecule has 4 atom stereocenters. The molecular formula is C77H76N10O11S2. The van der Waals surface area contributed by atoms with Crippen LogP contribution in [0, 0.1) is 31.6 Å². The molecule has 5 aromatic heterocycles. The van der Waals surface area contributed by atoms with Crippen molar-refractivity contribution in [1.82, 2.24) is 42.1 Å². The maximum Gasteiger partial charge on any atom is 0.416 e. The number of piperidine rings is 2. The summed E-state index contributed by atoms with van der Waals surface area (Å²) in [5.74, 6) is -0.729. The highest BCUT2D eigenvalue weighted by Crippen LogP contribution is 2.47. The Bertz CT molecular complexity index is 5150. The molecule has 23 heteroatoms. The van der Waals surface area contributed by atoms with Gasteiger partial charge in [0, 0.05) is 74.1 Å². The molecule has 11 aromatic rings. The van der Waals surface area contributed by atoms with Crippen LogP contribution < -0.4 is 4.90 Å². The number of likely N-dealkylation sites (tertiary alicyclic amines) is 2. The second-order valence-corrected chi connectivity index (χ2v) is 31.2. The van der Waals surface area contributed by atoms with Gasteiger partial charge >= 0.3 is 18.3 Å². The molecule has 0 saturated carbocycles. The molecule has 2 fully saturated rings. The van der Waals surface area contributed by atoms with Crippen LogP contribution in [0.4, 0.5) is 20.2 Å². The van der Waals surface area contributed by atoms with Gasteiger partial charge < -0.3 is 24.0 Å². The number of fused-ring (bicyclic) bond motifs is 10. The van der Waals surface area contributed by atoms with Crippen molar-refractivity contribution in [2.24, 2.45) is 17.8 Å². The quantitative estimate of drug-likeness (QED) is 0.0975. The second kappa shape index (κ2) is 26.6. The van der Waals surface area contributed by atoms with E-state index in [0.717, 1.165) is 54.4 Å². The number of amides is 3. The fourth-order valence-corrected chi connectivity index (χ4v) is 17.0. The third kappa shape index (κ3) is 12.8. The van der Waals surface area contributed by atoms with Crippen molar-refractivity contribution in [2.45, 2.75) is 94.5 Å². The number of ether oxygens (including phenoxy) is 3. The Morgan fingerprint density at radius 1 is 0.570 bits per heavy atom. The Kier molecular flexibility index (Phi) is 17.8. The van der Waals surface area contributed by atoms with Gasteiger partial charge in [0.1, 0.15) is 24.3 Å². The van der Waals surface area contributed by atoms with E-state index in [9.17, 15) is 36.0 Å². The van der Waals surface area contributed by atoms with Gasteiger partial charge in [0.25, 0.3) is 20.0 Å². The van der Waals surface area contributed by atoms with E-state index >= 15 is 0 Å². The lowest BCUT2D eigenvalue weighted by Crippen LogP contribution is -2.49. The molecule has 0 N–H and O–H groups in total. The van der Waals surface area contributed by atoms with Gasteiger partial charge in [-0.2, -0.15) is 0 Å². The third-order valence-electron chi connectivity index (χ3n) is 19.5. The van der Waals surface area contributed by atoms with Crippen LogP contribution in [0.25, 0.3) is 50.2 Å². The van der Waals surface area contributed by atoms with Crippen LogP contribution in [-0.2, 0) is 39.1 Å². The molecule has 2 saturated heterocycles. The molecule has 3 amide bonds. The van der Waals surface area contributed by atoms with E-state index in [1.54, 1.807) is 85.4 Å². The first-order chi connectivity index (χ1) is 48.0. The van der Waals surface area contributed by atoms with Gasteiger partial charge in [-0.1, -0.05) is 146 Å². The third-order valence-corrected chi connectivity index (χ3v) is 22.9. The number of carbonyl (C=O) groups excluding carboxylic acids is 4. The van der Waals surface area contributed by atoms with E-state index in [0.29, 0.717) is 42.9 Å². The number of imidazole rings is 1. The number of hydrogen-bond donors (Lipinski definition) is 0. The minimum absolute atomic E-state index is 0.00403. The first kappa shape index (κ1) is 66.7. The van der Waals surface area contributed by atoms with Crippen LogP contribution in [0.3, 0.4) is 0 Å². The van der Waals surface area contributed by atoms with Crippen molar-refractivity contribution in [3.8, 4) is 22.3 Å². The lowest BCUT2D eigenvalue weighted by molar-refractivity contribution is -0.123. The van der Waals surface area contributed by atoms with Crippen molar-refractivity contribution in [1.29, 1.82) is 0 Å². The predicted molar refractivity (Wildman–Crippen MR) is 379 cm³/mol. The monoisotopic (exact) mass is 1380 g/mol. The van der Waals surface area contributed by atoms with Gasteiger partial charge in [-0.25, -0.2) is 59.1 Å². The van der Waals surface area contributed by atoms with E-state index < -0.39 is 50.3 Å². The number of ketones is 1. The molecular weight excluding hydrogens is 1310 g/mol. The number of aryl methyl sites for hydroxylation is 2. The summed E-state index contributed by atoms with van der Waals surface area (Å²) >= 11 is 0. The van der Waals surface area contributed by atoms with E-state index in [1.807, 2.05) is 79.9 Å². The van der Waals surface area contributed by atoms with Crippen LogP contribution in [0.2, 0.25) is 0 Å². The Morgan fingerprint density at radius 3 is 1.61 bits per heavy atom. The average Bonchev–Trinajstić information content (AvgIpc) is 1.57. The maximum absolute atomic E-state index is 14.0. The first-order valence-corrected chi connectivity index (χ1v) is 36.4. The van der Waals surface area contributed by atoms with Crippen molar-refractivity contribution >= 4 is 77.9 Å². The molecule has 2 aliphatic carbocycles. The Hall–Kier alpha value is -10.5. The lowest BCUT2D eigenvalue weighted by atomic mass is 9.85. The standard InChI is InChI=1S/C41H43N5O7S.C36H33N5O4S/c1-26-14-16-29(17-15-26)54(50,51)46-19-18-35-38(46)42-21-37(43-35)45(40(49)53-41(3,4)5)24-36(47)28-20-27(2)22-44(23-28)39(48)52-25-34-32-12-8-6-10-30(32)31-11-7-9-13-33(31)34;1-23-11-13-25(14-12-23)46(43,44)40-18-16-32-35(40)38-20-34-37-19-33(41(32)34)30-21-39(17-15-24(30)2)36(42)45-22-31-28-9-5-3-7-26(28)27-8-4-6-10-29(27)31/h6-19,21,27-28,34H,20,22-25H2,1-5H3;3-14,16,18-20,24,30-31H,15,17,21-22H2,1-2H3. The van der Waals surface area contributed by atoms with Gasteiger partial charge in [0.05, 0.1) is 34.2 Å². The molecule has 15 rings (SSSR count). The van der Waals surface area contributed by atoms with Crippen molar-refractivity contribution in [3.63, 3.8) is 0 Å². The van der Waals surface area contributed by atoms with Crippen LogP contribution >= 0.6 is 0 Å². The van der Waals surface area contributed by atoms with E-state index in [2.05, 4.69) is 75.4 Å². The highest BCUT2D eigenvalue weighted by Gasteiger charge is 2.39. The number of rotatable bonds is 13. The van der Waals surface area contributed by atoms with Crippen molar-refractivity contribution in [3.05, 3.63) is 228 Å². The van der Waals surface area contributed by atoms with Gasteiger partial charge in [0.15, 0.2) is 28.5 Å². The molecule has 2 aliphatic heterocycles. The number of anilines is 1. The molecule has 4 unspecified atom stereocenters. The smallest absolute Gasteiger partial charge is 0.416 e. The van der Waals surface area contributed by atoms with E-state index in [1.165, 1.54) is 56.8 Å².